The van der Waals surface area contributed by atoms with Gasteiger partial charge in [0.2, 0.25) is 5.91 Å². The minimum atomic E-state index is -0.405. The van der Waals surface area contributed by atoms with Gasteiger partial charge in [0.15, 0.2) is 0 Å². The van der Waals surface area contributed by atoms with E-state index in [4.69, 9.17) is 0 Å². The van der Waals surface area contributed by atoms with Crippen LogP contribution < -0.4 is 11.0 Å². The number of amides is 1. The molecule has 0 saturated heterocycles. The van der Waals surface area contributed by atoms with Crippen molar-refractivity contribution >= 4 is 5.91 Å². The summed E-state index contributed by atoms with van der Waals surface area (Å²) in [6.07, 6.45) is 2.84. The van der Waals surface area contributed by atoms with Crippen LogP contribution in [0.3, 0.4) is 0 Å². The van der Waals surface area contributed by atoms with Crippen molar-refractivity contribution in [3.63, 3.8) is 0 Å². The van der Waals surface area contributed by atoms with E-state index < -0.39 is 5.69 Å². The molecule has 1 rings (SSSR count). The van der Waals surface area contributed by atoms with Gasteiger partial charge in [-0.3, -0.25) is 4.79 Å². The number of carbonyl (C=O) groups excluding carboxylic acids is 1. The molecule has 0 atom stereocenters. The molecule has 0 bridgehead atoms. The maximum Gasteiger partial charge on any atom is 0.344 e. The Bertz CT molecular complexity index is 419. The second-order valence-corrected chi connectivity index (χ2v) is 2.52. The molecule has 72 valence electrons. The molecule has 0 aliphatic carbocycles. The molecule has 1 aromatic heterocycles. The highest BCUT2D eigenvalue weighted by molar-refractivity contribution is 5.73. The Morgan fingerprint density at radius 1 is 1.71 bits per heavy atom. The highest BCUT2D eigenvalue weighted by atomic mass is 16.1. The van der Waals surface area contributed by atoms with Gasteiger partial charge in [-0.05, 0) is 0 Å². The standard InChI is InChI=1S/C9H9N3O2/c1-7(13)10-4-2-3-8-5-11-9(14)12-6-8/h5-6H,4H2,1H3,(H,10,13)(H,11,12,14). The molecule has 1 aromatic rings. The number of aromatic nitrogens is 2. The summed E-state index contributed by atoms with van der Waals surface area (Å²) in [4.78, 5) is 26.9. The Labute approximate surface area is 80.6 Å². The predicted octanol–water partition coefficient (Wildman–Crippen LogP) is -0.742. The van der Waals surface area contributed by atoms with Crippen molar-refractivity contribution in [1.29, 1.82) is 0 Å². The van der Waals surface area contributed by atoms with E-state index in [2.05, 4.69) is 27.1 Å². The number of hydrogen-bond donors (Lipinski definition) is 2. The van der Waals surface area contributed by atoms with E-state index in [1.54, 1.807) is 0 Å². The van der Waals surface area contributed by atoms with Gasteiger partial charge in [-0.15, -0.1) is 0 Å². The van der Waals surface area contributed by atoms with Crippen LogP contribution >= 0.6 is 0 Å². The zero-order valence-corrected chi connectivity index (χ0v) is 7.63. The highest BCUT2D eigenvalue weighted by Gasteiger charge is 1.87. The molecule has 14 heavy (non-hydrogen) atoms. The summed E-state index contributed by atoms with van der Waals surface area (Å²) in [5.74, 6) is 5.31. The quantitative estimate of drug-likeness (QED) is 0.574. The summed E-state index contributed by atoms with van der Waals surface area (Å²) in [7, 11) is 0. The average molecular weight is 191 g/mol. The third-order valence-electron chi connectivity index (χ3n) is 1.33. The van der Waals surface area contributed by atoms with Crippen LogP contribution in [-0.2, 0) is 4.79 Å². The lowest BCUT2D eigenvalue weighted by Crippen LogP contribution is -2.19. The van der Waals surface area contributed by atoms with E-state index in [9.17, 15) is 9.59 Å². The molecule has 0 fully saturated rings. The zero-order valence-electron chi connectivity index (χ0n) is 7.63. The average Bonchev–Trinajstić information content (AvgIpc) is 2.15. The molecule has 1 heterocycles. The Hall–Kier alpha value is -2.09. The first kappa shape index (κ1) is 9.99. The van der Waals surface area contributed by atoms with Gasteiger partial charge in [-0.2, -0.15) is 0 Å². The summed E-state index contributed by atoms with van der Waals surface area (Å²) in [5, 5.41) is 2.52. The Morgan fingerprint density at radius 3 is 3.07 bits per heavy atom. The van der Waals surface area contributed by atoms with E-state index in [1.807, 2.05) is 0 Å². The normalized spacial score (nSPS) is 8.64. The number of H-pyrrole nitrogens is 1. The monoisotopic (exact) mass is 191 g/mol. The second kappa shape index (κ2) is 4.82. The lowest BCUT2D eigenvalue weighted by atomic mass is 10.3. The first-order valence-corrected chi connectivity index (χ1v) is 3.96. The summed E-state index contributed by atoms with van der Waals surface area (Å²) >= 11 is 0. The van der Waals surface area contributed by atoms with Gasteiger partial charge >= 0.3 is 5.69 Å². The third kappa shape index (κ3) is 3.54. The van der Waals surface area contributed by atoms with Crippen molar-refractivity contribution in [2.24, 2.45) is 0 Å². The highest BCUT2D eigenvalue weighted by Crippen LogP contribution is 1.84. The van der Waals surface area contributed by atoms with Crippen LogP contribution in [-0.4, -0.2) is 22.4 Å². The zero-order chi connectivity index (χ0) is 10.4. The minimum absolute atomic E-state index is 0.126. The fraction of sp³-hybridized carbons (Fsp3) is 0.222. The molecular formula is C9H9N3O2. The Balaban J connectivity index is 2.55. The van der Waals surface area contributed by atoms with Crippen LogP contribution in [0.15, 0.2) is 17.2 Å². The van der Waals surface area contributed by atoms with Gasteiger partial charge < -0.3 is 10.3 Å². The molecular weight excluding hydrogens is 182 g/mol. The van der Waals surface area contributed by atoms with Crippen LogP contribution in [0.4, 0.5) is 0 Å². The molecule has 0 aromatic carbocycles. The van der Waals surface area contributed by atoms with Crippen LogP contribution in [0.5, 0.6) is 0 Å². The number of nitrogens with one attached hydrogen (secondary N) is 2. The van der Waals surface area contributed by atoms with Crippen molar-refractivity contribution in [2.75, 3.05) is 6.54 Å². The third-order valence-corrected chi connectivity index (χ3v) is 1.33. The minimum Gasteiger partial charge on any atom is -0.345 e. The summed E-state index contributed by atoms with van der Waals surface area (Å²) < 4.78 is 0. The summed E-state index contributed by atoms with van der Waals surface area (Å²) in [6, 6.07) is 0. The number of rotatable bonds is 1. The fourth-order valence-electron chi connectivity index (χ4n) is 0.725. The summed E-state index contributed by atoms with van der Waals surface area (Å²) in [5.41, 5.74) is 0.201. The second-order valence-electron chi connectivity index (χ2n) is 2.52. The van der Waals surface area contributed by atoms with Crippen molar-refractivity contribution < 1.29 is 4.79 Å². The Kier molecular flexibility index (Phi) is 3.44. The maximum absolute atomic E-state index is 10.6. The number of carbonyl (C=O) groups is 1. The lowest BCUT2D eigenvalue weighted by Gasteiger charge is -1.91. The number of aromatic amines is 1. The van der Waals surface area contributed by atoms with Crippen molar-refractivity contribution in [3.05, 3.63) is 28.4 Å². The van der Waals surface area contributed by atoms with Crippen molar-refractivity contribution in [3.8, 4) is 11.8 Å². The van der Waals surface area contributed by atoms with Crippen LogP contribution in [0, 0.1) is 11.8 Å². The molecule has 0 aliphatic heterocycles. The largest absolute Gasteiger partial charge is 0.345 e. The number of hydrogen-bond acceptors (Lipinski definition) is 3. The van der Waals surface area contributed by atoms with E-state index in [1.165, 1.54) is 19.3 Å². The fourth-order valence-corrected chi connectivity index (χ4v) is 0.725. The first-order valence-electron chi connectivity index (χ1n) is 3.96. The van der Waals surface area contributed by atoms with Crippen LogP contribution in [0.2, 0.25) is 0 Å². The lowest BCUT2D eigenvalue weighted by molar-refractivity contribution is -0.118. The van der Waals surface area contributed by atoms with E-state index >= 15 is 0 Å². The predicted molar refractivity (Wildman–Crippen MR) is 50.4 cm³/mol. The van der Waals surface area contributed by atoms with Gasteiger partial charge in [0.1, 0.15) is 0 Å². The van der Waals surface area contributed by atoms with Crippen molar-refractivity contribution in [2.45, 2.75) is 6.92 Å². The smallest absolute Gasteiger partial charge is 0.344 e. The molecule has 0 spiro atoms. The van der Waals surface area contributed by atoms with E-state index in [0.717, 1.165) is 0 Å². The first-order chi connectivity index (χ1) is 6.68. The van der Waals surface area contributed by atoms with Gasteiger partial charge in [-0.25, -0.2) is 9.78 Å². The molecule has 2 N–H and O–H groups in total. The molecule has 5 heteroatoms. The van der Waals surface area contributed by atoms with Crippen LogP contribution in [0.1, 0.15) is 12.5 Å². The van der Waals surface area contributed by atoms with Gasteiger partial charge in [0, 0.05) is 19.3 Å². The van der Waals surface area contributed by atoms with E-state index in [-0.39, 0.29) is 12.5 Å². The maximum atomic E-state index is 10.6. The van der Waals surface area contributed by atoms with Gasteiger partial charge in [0.25, 0.3) is 0 Å². The van der Waals surface area contributed by atoms with Crippen LogP contribution in [0.25, 0.3) is 0 Å². The molecule has 0 radical (unpaired) electrons. The van der Waals surface area contributed by atoms with Gasteiger partial charge in [-0.1, -0.05) is 11.8 Å². The topological polar surface area (TPSA) is 74.8 Å². The number of nitrogens with zero attached hydrogens (tertiary/aromatic N) is 1. The molecule has 0 unspecified atom stereocenters. The van der Waals surface area contributed by atoms with Gasteiger partial charge in [0.05, 0.1) is 12.1 Å². The molecule has 1 amide bonds. The molecule has 5 nitrogen and oxygen atoms in total. The molecule has 0 aliphatic rings. The van der Waals surface area contributed by atoms with E-state index in [0.29, 0.717) is 5.56 Å². The molecule has 0 saturated carbocycles. The SMILES string of the molecule is CC(=O)NCC#Cc1cnc(=O)[nH]c1. The summed E-state index contributed by atoms with van der Waals surface area (Å²) in [6.45, 7) is 1.71. The Morgan fingerprint density at radius 2 is 2.50 bits per heavy atom. The van der Waals surface area contributed by atoms with Crippen molar-refractivity contribution in [1.82, 2.24) is 15.3 Å².